The molecule has 3 N–H and O–H groups in total. The van der Waals surface area contributed by atoms with Gasteiger partial charge in [-0.1, -0.05) is 67.9 Å². The molecule has 0 saturated heterocycles. The normalized spacial score (nSPS) is 16.5. The number of carbonyl (C=O) groups is 1. The molecule has 0 saturated carbocycles. The minimum atomic E-state index is -1.04. The lowest BCUT2D eigenvalue weighted by Crippen LogP contribution is -2.37. The number of carboxylic acid groups (broad SMARTS) is 1. The highest BCUT2D eigenvalue weighted by molar-refractivity contribution is 6.30. The molecule has 10 nitrogen and oxygen atoms in total. The molecule has 5 rings (SSSR count). The van der Waals surface area contributed by atoms with E-state index in [0.717, 1.165) is 5.56 Å². The van der Waals surface area contributed by atoms with E-state index in [0.29, 0.717) is 51.9 Å². The fraction of sp³-hybridized carbons (Fsp3) is 0.361. The van der Waals surface area contributed by atoms with Crippen LogP contribution in [0.5, 0.6) is 11.5 Å². The number of benzene rings is 3. The van der Waals surface area contributed by atoms with E-state index in [1.165, 1.54) is 0 Å². The van der Waals surface area contributed by atoms with E-state index in [9.17, 15) is 20.1 Å². The van der Waals surface area contributed by atoms with Gasteiger partial charge in [-0.3, -0.25) is 4.79 Å². The van der Waals surface area contributed by atoms with Gasteiger partial charge >= 0.3 is 11.9 Å². The average molecular weight is 664 g/mol. The van der Waals surface area contributed by atoms with Gasteiger partial charge in [-0.15, -0.1) is 0 Å². The molecule has 0 unspecified atom stereocenters. The van der Waals surface area contributed by atoms with Crippen molar-refractivity contribution in [3.63, 3.8) is 0 Å². The van der Waals surface area contributed by atoms with Crippen LogP contribution in [0.3, 0.4) is 0 Å². The quantitative estimate of drug-likeness (QED) is 0.145. The van der Waals surface area contributed by atoms with Crippen molar-refractivity contribution < 1.29 is 43.3 Å². The Morgan fingerprint density at radius 3 is 2.47 bits per heavy atom. The van der Waals surface area contributed by atoms with Crippen LogP contribution in [0.2, 0.25) is 5.02 Å². The topological polar surface area (TPSA) is 134 Å². The molecule has 0 aliphatic carbocycles. The van der Waals surface area contributed by atoms with Crippen molar-refractivity contribution in [1.82, 2.24) is 4.98 Å². The van der Waals surface area contributed by atoms with Gasteiger partial charge in [0.2, 0.25) is 5.69 Å². The molecule has 1 aliphatic heterocycles. The number of oxazole rings is 1. The maximum Gasteiger partial charge on any atom is 0.370 e. The number of fused-ring (bicyclic) bond motifs is 1. The number of aliphatic hydroxyl groups is 2. The molecule has 0 bridgehead atoms. The number of aliphatic hydroxyl groups excluding tert-OH is 2. The summed E-state index contributed by atoms with van der Waals surface area (Å²) in [5, 5.41) is 32.3. The van der Waals surface area contributed by atoms with E-state index in [1.54, 1.807) is 37.0 Å². The number of aliphatic carboxylic acids is 1. The minimum Gasteiger partial charge on any atom is -0.493 e. The summed E-state index contributed by atoms with van der Waals surface area (Å²) in [6, 6.07) is 20.6. The Kier molecular flexibility index (Phi) is 10.5. The number of nitrogens with zero attached hydrogens (tertiary/aromatic N) is 2. The number of ether oxygens (including phenoxy) is 3. The van der Waals surface area contributed by atoms with Gasteiger partial charge in [-0.2, -0.15) is 4.58 Å². The van der Waals surface area contributed by atoms with Gasteiger partial charge in [-0.05, 0) is 36.6 Å². The Morgan fingerprint density at radius 1 is 1.02 bits per heavy atom. The summed E-state index contributed by atoms with van der Waals surface area (Å²) < 4.78 is 25.9. The molecule has 3 aromatic carbocycles. The van der Waals surface area contributed by atoms with Gasteiger partial charge in [0.05, 0.1) is 38.5 Å². The van der Waals surface area contributed by atoms with Gasteiger partial charge < -0.3 is 33.9 Å². The third-order valence-corrected chi connectivity index (χ3v) is 8.38. The molecule has 1 aliphatic rings. The highest BCUT2D eigenvalue weighted by Crippen LogP contribution is 2.45. The van der Waals surface area contributed by atoms with Crippen molar-refractivity contribution in [2.75, 3.05) is 27.4 Å². The van der Waals surface area contributed by atoms with Crippen molar-refractivity contribution in [3.05, 3.63) is 106 Å². The minimum absolute atomic E-state index is 0.00958. The van der Waals surface area contributed by atoms with Crippen LogP contribution in [0.15, 0.2) is 71.1 Å². The second kappa shape index (κ2) is 14.6. The van der Waals surface area contributed by atoms with E-state index in [2.05, 4.69) is 0 Å². The van der Waals surface area contributed by atoms with Gasteiger partial charge in [0, 0.05) is 22.1 Å². The third-order valence-electron chi connectivity index (χ3n) is 8.15. The first kappa shape index (κ1) is 34.0. The van der Waals surface area contributed by atoms with Gasteiger partial charge in [0.25, 0.3) is 0 Å². The second-order valence-electron chi connectivity index (χ2n) is 12.3. The maximum absolute atomic E-state index is 12.0. The Labute approximate surface area is 278 Å². The van der Waals surface area contributed by atoms with Crippen LogP contribution in [0.1, 0.15) is 54.0 Å². The van der Waals surface area contributed by atoms with E-state index >= 15 is 0 Å². The van der Waals surface area contributed by atoms with Crippen molar-refractivity contribution in [2.45, 2.75) is 51.7 Å². The molecule has 4 aromatic rings. The Morgan fingerprint density at radius 2 is 1.79 bits per heavy atom. The summed E-state index contributed by atoms with van der Waals surface area (Å²) in [6.45, 7) is 3.89. The predicted molar refractivity (Wildman–Crippen MR) is 176 cm³/mol. The van der Waals surface area contributed by atoms with Crippen molar-refractivity contribution in [3.8, 4) is 11.5 Å². The lowest BCUT2D eigenvalue weighted by Gasteiger charge is -2.23. The Hall–Kier alpha value is -4.38. The first-order valence-corrected chi connectivity index (χ1v) is 15.7. The van der Waals surface area contributed by atoms with Crippen molar-refractivity contribution in [1.29, 1.82) is 0 Å². The monoisotopic (exact) mass is 663 g/mol. The molecule has 0 spiro atoms. The third kappa shape index (κ3) is 7.78. The number of aryl methyl sites for hydroxylation is 2. The number of carboxylic acids is 1. The summed E-state index contributed by atoms with van der Waals surface area (Å²) >= 11 is 6.55. The number of aromatic nitrogens is 1. The molecule has 47 heavy (non-hydrogen) atoms. The summed E-state index contributed by atoms with van der Waals surface area (Å²) in [6.07, 6.45) is -1.02. The molecule has 0 amide bonds. The second-order valence-corrected chi connectivity index (χ2v) is 12.7. The van der Waals surface area contributed by atoms with Crippen LogP contribution in [-0.2, 0) is 35.2 Å². The van der Waals surface area contributed by atoms with Gasteiger partial charge in [0.15, 0.2) is 30.0 Å². The summed E-state index contributed by atoms with van der Waals surface area (Å²) in [5.74, 6) is 0.278. The van der Waals surface area contributed by atoms with E-state index < -0.39 is 23.6 Å². The molecule has 248 valence electrons. The van der Waals surface area contributed by atoms with Crippen LogP contribution in [-0.4, -0.2) is 70.2 Å². The molecule has 0 fully saturated rings. The van der Waals surface area contributed by atoms with Crippen LogP contribution in [0.4, 0.5) is 5.69 Å². The number of para-hydroxylation sites is 1. The zero-order chi connectivity index (χ0) is 33.7. The number of hydrogen-bond donors (Lipinski definition) is 3. The van der Waals surface area contributed by atoms with E-state index in [-0.39, 0.29) is 43.5 Å². The average Bonchev–Trinajstić information content (AvgIpc) is 3.39. The lowest BCUT2D eigenvalue weighted by molar-refractivity contribution is -0.470. The molecule has 1 aromatic heterocycles. The largest absolute Gasteiger partial charge is 0.493 e. The molecule has 2 atom stereocenters. The van der Waals surface area contributed by atoms with E-state index in [1.807, 2.05) is 62.4 Å². The number of halogens is 1. The first-order chi connectivity index (χ1) is 22.5. The zero-order valence-corrected chi connectivity index (χ0v) is 27.7. The zero-order valence-electron chi connectivity index (χ0n) is 26.9. The SMILES string of the molecule is COc1cccc([C@H]2O[C@H](Cc3nc(CCc4ccccc4)c(CC(=O)O)o3)C(O)=[N+](CC(C)(C)CO)c3ccc(Cl)cc32)c1OC. The van der Waals surface area contributed by atoms with Gasteiger partial charge in [0.1, 0.15) is 18.3 Å². The molecular formula is C36H40ClN2O8+. The van der Waals surface area contributed by atoms with Crippen LogP contribution >= 0.6 is 11.6 Å². The predicted octanol–water partition coefficient (Wildman–Crippen LogP) is 6.11. The standard InChI is InChI=1S/C36H39ClN2O8/c1-36(2,21-40)20-39-27-16-14-23(37)17-25(27)33(24-11-8-12-28(44-3)34(24)45-4)47-30(35(39)43)18-31-38-26(29(46-31)19-32(41)42)15-13-22-9-6-5-7-10-22/h5-12,14,16-17,30,33,40H,13,15,18-21H2,1-4H3,(H,41,42)/p+1/t30-,33-/m1/s1. The molecule has 11 heteroatoms. The fourth-order valence-corrected chi connectivity index (χ4v) is 5.96. The van der Waals surface area contributed by atoms with Crippen LogP contribution in [0, 0.1) is 5.41 Å². The number of rotatable bonds is 13. The van der Waals surface area contributed by atoms with Crippen LogP contribution < -0.4 is 9.47 Å². The summed E-state index contributed by atoms with van der Waals surface area (Å²) in [4.78, 5) is 16.5. The van der Waals surface area contributed by atoms with Crippen molar-refractivity contribution >= 4 is 29.2 Å². The highest BCUT2D eigenvalue weighted by Gasteiger charge is 2.42. The maximum atomic E-state index is 12.0. The number of methoxy groups -OCH3 is 2. The smallest absolute Gasteiger partial charge is 0.370 e. The van der Waals surface area contributed by atoms with Crippen molar-refractivity contribution in [2.24, 2.45) is 5.41 Å². The van der Waals surface area contributed by atoms with Gasteiger partial charge in [-0.25, -0.2) is 4.98 Å². The Bertz CT molecular complexity index is 1750. The lowest BCUT2D eigenvalue weighted by atomic mass is 9.93. The summed E-state index contributed by atoms with van der Waals surface area (Å²) in [7, 11) is 3.09. The highest BCUT2D eigenvalue weighted by atomic mass is 35.5. The fourth-order valence-electron chi connectivity index (χ4n) is 5.78. The number of hydrogen-bond acceptors (Lipinski definition) is 7. The Balaban J connectivity index is 1.61. The summed E-state index contributed by atoms with van der Waals surface area (Å²) in [5.41, 5.74) is 2.94. The van der Waals surface area contributed by atoms with Crippen LogP contribution in [0.25, 0.3) is 0 Å². The van der Waals surface area contributed by atoms with E-state index in [4.69, 9.17) is 35.2 Å². The first-order valence-electron chi connectivity index (χ1n) is 15.4. The molecule has 2 heterocycles. The molecule has 0 radical (unpaired) electrons. The molecular weight excluding hydrogens is 624 g/mol.